The van der Waals surface area contributed by atoms with Crippen molar-refractivity contribution >= 4 is 22.0 Å². The zero-order valence-corrected chi connectivity index (χ0v) is 12.8. The number of carbonyl (C=O) groups excluding carboxylic acids is 1. The highest BCUT2D eigenvalue weighted by molar-refractivity contribution is 7.89. The number of sulfonamides is 1. The van der Waals surface area contributed by atoms with E-state index >= 15 is 0 Å². The standard InChI is InChI=1S/C13H21NO6S/c1-20-12(15)6-7-21(18,19)14-10-5-3-2-4-9(10)8-11(14)13(16)17/h9-11H,2-8H2,1H3,(H,16,17). The predicted octanol–water partition coefficient (Wildman–Crippen LogP) is 0.597. The van der Waals surface area contributed by atoms with Crippen molar-refractivity contribution in [2.75, 3.05) is 12.9 Å². The van der Waals surface area contributed by atoms with Gasteiger partial charge in [-0.05, 0) is 25.2 Å². The normalized spacial score (nSPS) is 29.9. The molecule has 0 amide bonds. The summed E-state index contributed by atoms with van der Waals surface area (Å²) in [5.41, 5.74) is 0. The van der Waals surface area contributed by atoms with E-state index in [1.807, 2.05) is 0 Å². The van der Waals surface area contributed by atoms with Crippen LogP contribution in [0.2, 0.25) is 0 Å². The van der Waals surface area contributed by atoms with Crippen molar-refractivity contribution in [3.05, 3.63) is 0 Å². The summed E-state index contributed by atoms with van der Waals surface area (Å²) in [4.78, 5) is 22.5. The largest absolute Gasteiger partial charge is 0.480 e. The van der Waals surface area contributed by atoms with E-state index in [1.165, 1.54) is 7.11 Å². The van der Waals surface area contributed by atoms with Gasteiger partial charge in [0.05, 0.1) is 19.3 Å². The number of methoxy groups -OCH3 is 1. The van der Waals surface area contributed by atoms with Gasteiger partial charge in [-0.25, -0.2) is 8.42 Å². The third kappa shape index (κ3) is 3.37. The predicted molar refractivity (Wildman–Crippen MR) is 74.0 cm³/mol. The smallest absolute Gasteiger partial charge is 0.322 e. The van der Waals surface area contributed by atoms with E-state index in [-0.39, 0.29) is 18.4 Å². The zero-order chi connectivity index (χ0) is 15.6. The Hall–Kier alpha value is -1.15. The molecule has 8 heteroatoms. The highest BCUT2D eigenvalue weighted by atomic mass is 32.2. The Balaban J connectivity index is 2.20. The molecule has 2 fully saturated rings. The fourth-order valence-electron chi connectivity index (χ4n) is 3.45. The van der Waals surface area contributed by atoms with Gasteiger partial charge in [0.2, 0.25) is 10.0 Å². The lowest BCUT2D eigenvalue weighted by Crippen LogP contribution is -2.47. The van der Waals surface area contributed by atoms with Gasteiger partial charge in [0, 0.05) is 6.04 Å². The second-order valence-corrected chi connectivity index (χ2v) is 7.67. The molecule has 1 saturated carbocycles. The molecule has 1 heterocycles. The van der Waals surface area contributed by atoms with Crippen LogP contribution in [-0.2, 0) is 24.3 Å². The van der Waals surface area contributed by atoms with Crippen molar-refractivity contribution in [3.63, 3.8) is 0 Å². The minimum absolute atomic E-state index is 0.118. The van der Waals surface area contributed by atoms with E-state index in [0.29, 0.717) is 12.8 Å². The Morgan fingerprint density at radius 2 is 1.95 bits per heavy atom. The first kappa shape index (κ1) is 16.2. The van der Waals surface area contributed by atoms with Crippen LogP contribution < -0.4 is 0 Å². The van der Waals surface area contributed by atoms with Crippen molar-refractivity contribution < 1.29 is 27.9 Å². The third-order valence-electron chi connectivity index (χ3n) is 4.43. The Morgan fingerprint density at radius 3 is 2.57 bits per heavy atom. The maximum Gasteiger partial charge on any atom is 0.322 e. The summed E-state index contributed by atoms with van der Waals surface area (Å²) >= 11 is 0. The monoisotopic (exact) mass is 319 g/mol. The van der Waals surface area contributed by atoms with Crippen LogP contribution in [0.5, 0.6) is 0 Å². The number of hydrogen-bond acceptors (Lipinski definition) is 5. The zero-order valence-electron chi connectivity index (χ0n) is 12.0. The minimum Gasteiger partial charge on any atom is -0.480 e. The number of esters is 1. The van der Waals surface area contributed by atoms with E-state index in [4.69, 9.17) is 0 Å². The molecule has 120 valence electrons. The Morgan fingerprint density at radius 1 is 1.29 bits per heavy atom. The van der Waals surface area contributed by atoms with Crippen molar-refractivity contribution in [2.45, 2.75) is 50.6 Å². The van der Waals surface area contributed by atoms with Crippen LogP contribution in [0.25, 0.3) is 0 Å². The van der Waals surface area contributed by atoms with Crippen LogP contribution in [-0.4, -0.2) is 54.7 Å². The summed E-state index contributed by atoms with van der Waals surface area (Å²) in [5.74, 6) is -1.99. The fraction of sp³-hybridized carbons (Fsp3) is 0.846. The van der Waals surface area contributed by atoms with E-state index in [0.717, 1.165) is 23.6 Å². The lowest BCUT2D eigenvalue weighted by Gasteiger charge is -2.32. The fourth-order valence-corrected chi connectivity index (χ4v) is 5.34. The SMILES string of the molecule is COC(=O)CCS(=O)(=O)N1C(C(=O)O)CC2CCCCC21. The number of fused-ring (bicyclic) bond motifs is 1. The van der Waals surface area contributed by atoms with Gasteiger partial charge in [-0.1, -0.05) is 12.8 Å². The maximum atomic E-state index is 12.5. The summed E-state index contributed by atoms with van der Waals surface area (Å²) < 4.78 is 30.6. The van der Waals surface area contributed by atoms with Crippen LogP contribution in [0.4, 0.5) is 0 Å². The molecule has 0 aromatic rings. The number of ether oxygens (including phenoxy) is 1. The molecule has 0 spiro atoms. The lowest BCUT2D eigenvalue weighted by atomic mass is 9.85. The van der Waals surface area contributed by atoms with Gasteiger partial charge in [0.1, 0.15) is 6.04 Å². The van der Waals surface area contributed by atoms with Crippen molar-refractivity contribution in [1.29, 1.82) is 0 Å². The summed E-state index contributed by atoms with van der Waals surface area (Å²) in [5, 5.41) is 9.32. The van der Waals surface area contributed by atoms with Gasteiger partial charge in [0.25, 0.3) is 0 Å². The second kappa shape index (κ2) is 6.31. The Kier molecular flexibility index (Phi) is 4.88. The highest BCUT2D eigenvalue weighted by Crippen LogP contribution is 2.41. The van der Waals surface area contributed by atoms with Crippen LogP contribution in [0, 0.1) is 5.92 Å². The molecule has 3 unspecified atom stereocenters. The quantitative estimate of drug-likeness (QED) is 0.745. The van der Waals surface area contributed by atoms with Crippen LogP contribution in [0.15, 0.2) is 0 Å². The average Bonchev–Trinajstić information content (AvgIpc) is 2.85. The van der Waals surface area contributed by atoms with E-state index in [1.54, 1.807) is 0 Å². The minimum atomic E-state index is -3.78. The summed E-state index contributed by atoms with van der Waals surface area (Å²) in [7, 11) is -2.58. The van der Waals surface area contributed by atoms with Gasteiger partial charge < -0.3 is 9.84 Å². The van der Waals surface area contributed by atoms with E-state index < -0.39 is 33.8 Å². The number of aliphatic carboxylic acids is 1. The molecule has 1 aliphatic carbocycles. The molecule has 0 aromatic carbocycles. The van der Waals surface area contributed by atoms with Crippen LogP contribution in [0.1, 0.15) is 38.5 Å². The molecular weight excluding hydrogens is 298 g/mol. The molecule has 0 aromatic heterocycles. The molecule has 2 aliphatic rings. The molecule has 2 rings (SSSR count). The molecule has 1 aliphatic heterocycles. The molecule has 1 saturated heterocycles. The first-order chi connectivity index (χ1) is 9.86. The number of nitrogens with zero attached hydrogens (tertiary/aromatic N) is 1. The molecule has 0 bridgehead atoms. The van der Waals surface area contributed by atoms with Crippen molar-refractivity contribution in [2.24, 2.45) is 5.92 Å². The third-order valence-corrected chi connectivity index (χ3v) is 6.31. The first-order valence-electron chi connectivity index (χ1n) is 7.17. The average molecular weight is 319 g/mol. The molecule has 7 nitrogen and oxygen atoms in total. The van der Waals surface area contributed by atoms with Gasteiger partial charge in [-0.3, -0.25) is 9.59 Å². The molecule has 0 radical (unpaired) electrons. The van der Waals surface area contributed by atoms with Crippen LogP contribution in [0.3, 0.4) is 0 Å². The van der Waals surface area contributed by atoms with Crippen LogP contribution >= 0.6 is 0 Å². The Bertz CT molecular complexity index is 517. The molecular formula is C13H21NO6S. The van der Waals surface area contributed by atoms with Gasteiger partial charge in [0.15, 0.2) is 0 Å². The lowest BCUT2D eigenvalue weighted by molar-refractivity contribution is -0.141. The number of carboxylic acid groups (broad SMARTS) is 1. The van der Waals surface area contributed by atoms with Gasteiger partial charge in [-0.15, -0.1) is 0 Å². The topological polar surface area (TPSA) is 101 Å². The van der Waals surface area contributed by atoms with Crippen molar-refractivity contribution in [3.8, 4) is 0 Å². The molecule has 1 N–H and O–H groups in total. The van der Waals surface area contributed by atoms with Crippen molar-refractivity contribution in [1.82, 2.24) is 4.31 Å². The molecule has 3 atom stereocenters. The Labute approximate surface area is 124 Å². The van der Waals surface area contributed by atoms with Gasteiger partial charge >= 0.3 is 11.9 Å². The number of carboxylic acids is 1. The molecule has 21 heavy (non-hydrogen) atoms. The summed E-state index contributed by atoms with van der Waals surface area (Å²) in [6.07, 6.45) is 3.62. The van der Waals surface area contributed by atoms with E-state index in [9.17, 15) is 23.1 Å². The summed E-state index contributed by atoms with van der Waals surface area (Å²) in [6, 6.07) is -1.23. The second-order valence-electron chi connectivity index (χ2n) is 5.67. The first-order valence-corrected chi connectivity index (χ1v) is 8.78. The number of rotatable bonds is 5. The summed E-state index contributed by atoms with van der Waals surface area (Å²) in [6.45, 7) is 0. The van der Waals surface area contributed by atoms with Gasteiger partial charge in [-0.2, -0.15) is 4.31 Å². The maximum absolute atomic E-state index is 12.5. The number of hydrogen-bond donors (Lipinski definition) is 1. The highest BCUT2D eigenvalue weighted by Gasteiger charge is 2.50. The van der Waals surface area contributed by atoms with E-state index in [2.05, 4.69) is 4.74 Å². The number of carbonyl (C=O) groups is 2.